The minimum Gasteiger partial charge on any atom is -0.399 e. The van der Waals surface area contributed by atoms with Crippen LogP contribution in [-0.4, -0.2) is 23.2 Å². The fraction of sp³-hybridized carbons (Fsp3) is 0.316. The highest BCUT2D eigenvalue weighted by molar-refractivity contribution is 5.99. The lowest BCUT2D eigenvalue weighted by molar-refractivity contribution is 0.100. The Morgan fingerprint density at radius 1 is 1.00 bits per heavy atom. The molecule has 6 N–H and O–H groups in total. The van der Waals surface area contributed by atoms with E-state index in [4.69, 9.17) is 11.5 Å². The molecule has 0 bridgehead atoms. The first-order valence-electron chi connectivity index (χ1n) is 8.27. The smallest absolute Gasteiger partial charge is 0.250 e. The summed E-state index contributed by atoms with van der Waals surface area (Å²) in [7, 11) is 0. The van der Waals surface area contributed by atoms with Gasteiger partial charge >= 0.3 is 0 Å². The summed E-state index contributed by atoms with van der Waals surface area (Å²) in [6, 6.07) is 13.5. The minimum atomic E-state index is -0.447. The molecule has 2 aromatic rings. The molecule has 1 fully saturated rings. The van der Waals surface area contributed by atoms with Gasteiger partial charge in [-0.25, -0.2) is 0 Å². The fourth-order valence-electron chi connectivity index (χ4n) is 3.17. The zero-order valence-corrected chi connectivity index (χ0v) is 13.5. The Morgan fingerprint density at radius 3 is 2.25 bits per heavy atom. The molecule has 0 aliphatic heterocycles. The summed E-state index contributed by atoms with van der Waals surface area (Å²) in [4.78, 5) is 11.7. The van der Waals surface area contributed by atoms with Crippen LogP contribution in [0.2, 0.25) is 0 Å². The lowest BCUT2D eigenvalue weighted by Gasteiger charge is -2.28. The van der Waals surface area contributed by atoms with Gasteiger partial charge in [-0.1, -0.05) is 18.2 Å². The Hall–Kier alpha value is -2.53. The monoisotopic (exact) mass is 325 g/mol. The van der Waals surface area contributed by atoms with Crippen molar-refractivity contribution in [2.45, 2.75) is 37.8 Å². The van der Waals surface area contributed by atoms with Gasteiger partial charge in [0.25, 0.3) is 5.91 Å². The number of carbonyl (C=O) groups is 1. The first-order chi connectivity index (χ1) is 11.5. The van der Waals surface area contributed by atoms with Crippen LogP contribution >= 0.6 is 0 Å². The van der Waals surface area contributed by atoms with Gasteiger partial charge in [-0.05, 0) is 61.1 Å². The molecule has 1 aliphatic rings. The van der Waals surface area contributed by atoms with Gasteiger partial charge in [0, 0.05) is 17.4 Å². The number of carbonyl (C=O) groups excluding carboxylic acids is 1. The van der Waals surface area contributed by atoms with Gasteiger partial charge in [0.15, 0.2) is 0 Å². The number of nitrogens with one attached hydrogen (secondary N) is 1. The predicted molar refractivity (Wildman–Crippen MR) is 96.7 cm³/mol. The van der Waals surface area contributed by atoms with Crippen LogP contribution in [0, 0.1) is 0 Å². The zero-order chi connectivity index (χ0) is 17.1. The van der Waals surface area contributed by atoms with Crippen molar-refractivity contribution in [1.82, 2.24) is 0 Å². The summed E-state index contributed by atoms with van der Waals surface area (Å²) in [6.45, 7) is 0. The molecule has 0 heterocycles. The maximum absolute atomic E-state index is 11.7. The number of nitrogen functional groups attached to an aromatic ring is 1. The summed E-state index contributed by atoms with van der Waals surface area (Å²) < 4.78 is 0. The summed E-state index contributed by atoms with van der Waals surface area (Å²) in [6.07, 6.45) is 3.11. The van der Waals surface area contributed by atoms with Crippen molar-refractivity contribution < 1.29 is 9.90 Å². The van der Waals surface area contributed by atoms with Crippen LogP contribution in [0.25, 0.3) is 11.1 Å². The standard InChI is InChI=1S/C19H23N3O2/c20-14-4-1-12(2-5-14)13-3-10-17(19(21)24)18(11-13)22-15-6-8-16(23)9-7-15/h1-5,10-11,15-16,22-23H,6-9,20H2,(H2,21,24). The maximum Gasteiger partial charge on any atom is 0.250 e. The van der Waals surface area contributed by atoms with E-state index in [1.807, 2.05) is 36.4 Å². The number of aliphatic hydroxyl groups is 1. The molecule has 1 amide bonds. The van der Waals surface area contributed by atoms with E-state index in [1.165, 1.54) is 0 Å². The molecular formula is C19H23N3O2. The van der Waals surface area contributed by atoms with E-state index in [0.29, 0.717) is 11.3 Å². The van der Waals surface area contributed by atoms with Crippen molar-refractivity contribution in [1.29, 1.82) is 0 Å². The molecule has 1 saturated carbocycles. The molecule has 0 radical (unpaired) electrons. The molecule has 0 aromatic heterocycles. The van der Waals surface area contributed by atoms with E-state index in [0.717, 1.165) is 42.5 Å². The van der Waals surface area contributed by atoms with Crippen LogP contribution < -0.4 is 16.8 Å². The molecule has 0 spiro atoms. The number of primary amides is 1. The Morgan fingerprint density at radius 2 is 1.62 bits per heavy atom. The molecule has 3 rings (SSSR count). The van der Waals surface area contributed by atoms with Crippen molar-refractivity contribution in [2.75, 3.05) is 11.1 Å². The zero-order valence-electron chi connectivity index (χ0n) is 13.5. The van der Waals surface area contributed by atoms with Crippen molar-refractivity contribution in [2.24, 2.45) is 5.73 Å². The molecule has 24 heavy (non-hydrogen) atoms. The molecule has 5 nitrogen and oxygen atoms in total. The number of hydrogen-bond donors (Lipinski definition) is 4. The maximum atomic E-state index is 11.7. The third-order valence-corrected chi connectivity index (χ3v) is 4.59. The summed E-state index contributed by atoms with van der Waals surface area (Å²) in [5, 5.41) is 13.1. The third kappa shape index (κ3) is 3.68. The Kier molecular flexibility index (Phi) is 4.71. The molecule has 0 atom stereocenters. The molecule has 126 valence electrons. The van der Waals surface area contributed by atoms with E-state index in [1.54, 1.807) is 6.07 Å². The topological polar surface area (TPSA) is 101 Å². The van der Waals surface area contributed by atoms with Crippen LogP contribution in [0.1, 0.15) is 36.0 Å². The van der Waals surface area contributed by atoms with Crippen LogP contribution in [0.5, 0.6) is 0 Å². The average Bonchev–Trinajstić information content (AvgIpc) is 2.57. The van der Waals surface area contributed by atoms with Gasteiger partial charge in [0.05, 0.1) is 11.7 Å². The fourth-order valence-corrected chi connectivity index (χ4v) is 3.17. The number of hydrogen-bond acceptors (Lipinski definition) is 4. The second kappa shape index (κ2) is 6.93. The SMILES string of the molecule is NC(=O)c1ccc(-c2ccc(N)cc2)cc1NC1CCC(O)CC1. The van der Waals surface area contributed by atoms with Crippen molar-refractivity contribution in [3.05, 3.63) is 48.0 Å². The van der Waals surface area contributed by atoms with E-state index in [9.17, 15) is 9.90 Å². The number of nitrogens with two attached hydrogens (primary N) is 2. The van der Waals surface area contributed by atoms with Gasteiger partial charge in [-0.2, -0.15) is 0 Å². The number of anilines is 2. The minimum absolute atomic E-state index is 0.209. The van der Waals surface area contributed by atoms with Gasteiger partial charge in [0.1, 0.15) is 0 Å². The highest BCUT2D eigenvalue weighted by Gasteiger charge is 2.21. The van der Waals surface area contributed by atoms with Gasteiger partial charge in [-0.3, -0.25) is 4.79 Å². The second-order valence-corrected chi connectivity index (χ2v) is 6.40. The van der Waals surface area contributed by atoms with E-state index in [-0.39, 0.29) is 12.1 Å². The van der Waals surface area contributed by atoms with E-state index in [2.05, 4.69) is 5.32 Å². The Labute approximate surface area is 141 Å². The van der Waals surface area contributed by atoms with Crippen LogP contribution in [-0.2, 0) is 0 Å². The van der Waals surface area contributed by atoms with Crippen LogP contribution in [0.4, 0.5) is 11.4 Å². The lowest BCUT2D eigenvalue weighted by Crippen LogP contribution is -2.29. The largest absolute Gasteiger partial charge is 0.399 e. The Bertz CT molecular complexity index is 720. The van der Waals surface area contributed by atoms with Crippen LogP contribution in [0.15, 0.2) is 42.5 Å². The van der Waals surface area contributed by atoms with Gasteiger partial charge < -0.3 is 21.9 Å². The molecule has 5 heteroatoms. The predicted octanol–water partition coefficient (Wildman–Crippen LogP) is 2.75. The normalized spacial score (nSPS) is 20.5. The quantitative estimate of drug-likeness (QED) is 0.649. The molecular weight excluding hydrogens is 302 g/mol. The summed E-state index contributed by atoms with van der Waals surface area (Å²) >= 11 is 0. The van der Waals surface area contributed by atoms with Gasteiger partial charge in [0.2, 0.25) is 0 Å². The molecule has 1 aliphatic carbocycles. The van der Waals surface area contributed by atoms with Crippen molar-refractivity contribution >= 4 is 17.3 Å². The highest BCUT2D eigenvalue weighted by atomic mass is 16.3. The van der Waals surface area contributed by atoms with Gasteiger partial charge in [-0.15, -0.1) is 0 Å². The summed E-state index contributed by atoms with van der Waals surface area (Å²) in [5.74, 6) is -0.447. The Balaban J connectivity index is 1.88. The second-order valence-electron chi connectivity index (χ2n) is 6.40. The lowest BCUT2D eigenvalue weighted by atomic mass is 9.92. The van der Waals surface area contributed by atoms with E-state index >= 15 is 0 Å². The molecule has 0 unspecified atom stereocenters. The molecule has 2 aromatic carbocycles. The van der Waals surface area contributed by atoms with Crippen molar-refractivity contribution in [3.63, 3.8) is 0 Å². The van der Waals surface area contributed by atoms with Crippen LogP contribution in [0.3, 0.4) is 0 Å². The average molecular weight is 325 g/mol. The third-order valence-electron chi connectivity index (χ3n) is 4.59. The van der Waals surface area contributed by atoms with Crippen molar-refractivity contribution in [3.8, 4) is 11.1 Å². The summed E-state index contributed by atoms with van der Waals surface area (Å²) in [5.41, 5.74) is 15.2. The number of aliphatic hydroxyl groups excluding tert-OH is 1. The highest BCUT2D eigenvalue weighted by Crippen LogP contribution is 2.29. The molecule has 0 saturated heterocycles. The first-order valence-corrected chi connectivity index (χ1v) is 8.27. The first kappa shape index (κ1) is 16.3. The number of amides is 1. The van der Waals surface area contributed by atoms with E-state index < -0.39 is 5.91 Å². The number of benzene rings is 2. The number of rotatable bonds is 4.